The quantitative estimate of drug-likeness (QED) is 0.784. The van der Waals surface area contributed by atoms with Crippen LogP contribution in [0, 0.1) is 5.82 Å². The average Bonchev–Trinajstić information content (AvgIpc) is 2.92. The number of fused-ring (bicyclic) bond motifs is 1. The lowest BCUT2D eigenvalue weighted by Gasteiger charge is -2.13. The highest BCUT2D eigenvalue weighted by atomic mass is 79.9. The molecule has 1 atom stereocenters. The molecule has 3 rings (SSSR count). The second kappa shape index (κ2) is 5.91. The van der Waals surface area contributed by atoms with Gasteiger partial charge in [0, 0.05) is 17.2 Å². The van der Waals surface area contributed by atoms with E-state index in [-0.39, 0.29) is 11.9 Å². The molecule has 2 aromatic heterocycles. The monoisotopic (exact) mass is 348 g/mol. The molecule has 0 radical (unpaired) electrons. The molecule has 0 saturated carbocycles. The molecule has 6 heteroatoms. The molecule has 0 aliphatic rings. The largest absolute Gasteiger partial charge is 0.303 e. The molecule has 1 unspecified atom stereocenters. The van der Waals surface area contributed by atoms with Crippen LogP contribution in [0.15, 0.2) is 47.1 Å². The van der Waals surface area contributed by atoms with Crippen LogP contribution in [0.1, 0.15) is 24.4 Å². The third kappa shape index (κ3) is 2.96. The number of halogens is 2. The lowest BCUT2D eigenvalue weighted by Crippen LogP contribution is -2.20. The molecule has 4 nitrogen and oxygen atoms in total. The Morgan fingerprint density at radius 1 is 1.29 bits per heavy atom. The van der Waals surface area contributed by atoms with E-state index in [2.05, 4.69) is 31.4 Å². The molecule has 0 saturated heterocycles. The van der Waals surface area contributed by atoms with Crippen LogP contribution in [0.3, 0.4) is 0 Å². The number of hydrogen-bond donors (Lipinski definition) is 1. The maximum Gasteiger partial charge on any atom is 0.160 e. The molecule has 0 aliphatic carbocycles. The van der Waals surface area contributed by atoms with Gasteiger partial charge in [-0.3, -0.25) is 4.40 Å². The topological polar surface area (TPSA) is 42.2 Å². The van der Waals surface area contributed by atoms with Gasteiger partial charge in [0.15, 0.2) is 11.5 Å². The van der Waals surface area contributed by atoms with E-state index in [0.717, 1.165) is 21.5 Å². The molecule has 2 heterocycles. The zero-order valence-corrected chi connectivity index (χ0v) is 13.0. The van der Waals surface area contributed by atoms with Gasteiger partial charge >= 0.3 is 0 Å². The summed E-state index contributed by atoms with van der Waals surface area (Å²) >= 11 is 3.43. The highest BCUT2D eigenvalue weighted by molar-refractivity contribution is 9.10. The van der Waals surface area contributed by atoms with Crippen molar-refractivity contribution in [2.24, 2.45) is 0 Å². The Morgan fingerprint density at radius 3 is 3.00 bits per heavy atom. The van der Waals surface area contributed by atoms with E-state index in [0.29, 0.717) is 6.54 Å². The van der Waals surface area contributed by atoms with Crippen molar-refractivity contribution in [2.75, 3.05) is 0 Å². The Bertz CT molecular complexity index is 771. The number of benzene rings is 1. The van der Waals surface area contributed by atoms with Gasteiger partial charge in [0.05, 0.1) is 6.04 Å². The van der Waals surface area contributed by atoms with E-state index in [1.54, 1.807) is 6.07 Å². The number of rotatable bonds is 4. The fourth-order valence-corrected chi connectivity index (χ4v) is 2.58. The minimum Gasteiger partial charge on any atom is -0.303 e. The standard InChI is InChI=1S/C15H14BrFN4/c1-10(15-20-19-14-4-2-3-7-21(14)15)18-9-11-8-12(17)5-6-13(11)16/h2-8,10,18H,9H2,1H3. The second-order valence-corrected chi connectivity index (χ2v) is 5.68. The smallest absolute Gasteiger partial charge is 0.160 e. The summed E-state index contributed by atoms with van der Waals surface area (Å²) in [5.41, 5.74) is 1.68. The van der Waals surface area contributed by atoms with Crippen molar-refractivity contribution in [3.8, 4) is 0 Å². The number of nitrogens with one attached hydrogen (secondary N) is 1. The Hall–Kier alpha value is -1.79. The van der Waals surface area contributed by atoms with Crippen LogP contribution in [0.4, 0.5) is 4.39 Å². The zero-order valence-electron chi connectivity index (χ0n) is 11.4. The molecule has 108 valence electrons. The zero-order chi connectivity index (χ0) is 14.8. The molecule has 1 N–H and O–H groups in total. The van der Waals surface area contributed by atoms with Crippen LogP contribution < -0.4 is 5.32 Å². The van der Waals surface area contributed by atoms with Crippen molar-refractivity contribution >= 4 is 21.6 Å². The van der Waals surface area contributed by atoms with E-state index >= 15 is 0 Å². The van der Waals surface area contributed by atoms with E-state index < -0.39 is 0 Å². The first-order valence-electron chi connectivity index (χ1n) is 6.62. The summed E-state index contributed by atoms with van der Waals surface area (Å²) in [6.07, 6.45) is 1.93. The van der Waals surface area contributed by atoms with Crippen LogP contribution in [-0.4, -0.2) is 14.6 Å². The summed E-state index contributed by atoms with van der Waals surface area (Å²) in [7, 11) is 0. The minimum absolute atomic E-state index is 0.00225. The van der Waals surface area contributed by atoms with Gasteiger partial charge in [-0.15, -0.1) is 10.2 Å². The molecular weight excluding hydrogens is 335 g/mol. The second-order valence-electron chi connectivity index (χ2n) is 4.83. The molecular formula is C15H14BrFN4. The lowest BCUT2D eigenvalue weighted by atomic mass is 10.2. The van der Waals surface area contributed by atoms with Gasteiger partial charge < -0.3 is 5.32 Å². The summed E-state index contributed by atoms with van der Waals surface area (Å²) in [4.78, 5) is 0. The van der Waals surface area contributed by atoms with Gasteiger partial charge in [-0.2, -0.15) is 0 Å². The predicted octanol–water partition coefficient (Wildman–Crippen LogP) is 3.48. The van der Waals surface area contributed by atoms with Crippen molar-refractivity contribution < 1.29 is 4.39 Å². The molecule has 0 spiro atoms. The van der Waals surface area contributed by atoms with Gasteiger partial charge in [-0.05, 0) is 42.8 Å². The normalized spacial score (nSPS) is 12.7. The highest BCUT2D eigenvalue weighted by Gasteiger charge is 2.13. The van der Waals surface area contributed by atoms with Crippen LogP contribution in [0.2, 0.25) is 0 Å². The minimum atomic E-state index is -0.240. The summed E-state index contributed by atoms with van der Waals surface area (Å²) in [6, 6.07) is 10.4. The fraction of sp³-hybridized carbons (Fsp3) is 0.200. The van der Waals surface area contributed by atoms with Gasteiger partial charge in [-0.1, -0.05) is 22.0 Å². The molecule has 0 aliphatic heterocycles. The first kappa shape index (κ1) is 14.2. The Labute approximate surface area is 130 Å². The molecule has 0 fully saturated rings. The Morgan fingerprint density at radius 2 is 2.14 bits per heavy atom. The van der Waals surface area contributed by atoms with Gasteiger partial charge in [0.1, 0.15) is 5.82 Å². The van der Waals surface area contributed by atoms with E-state index in [1.807, 2.05) is 35.7 Å². The van der Waals surface area contributed by atoms with Crippen LogP contribution in [0.25, 0.3) is 5.65 Å². The van der Waals surface area contributed by atoms with Crippen molar-refractivity contribution in [3.05, 3.63) is 64.3 Å². The number of aromatic nitrogens is 3. The van der Waals surface area contributed by atoms with Crippen LogP contribution in [-0.2, 0) is 6.54 Å². The third-order valence-corrected chi connectivity index (χ3v) is 4.11. The molecule has 1 aromatic carbocycles. The molecule has 0 amide bonds. The van der Waals surface area contributed by atoms with Gasteiger partial charge in [0.2, 0.25) is 0 Å². The first-order valence-corrected chi connectivity index (χ1v) is 7.41. The van der Waals surface area contributed by atoms with Crippen molar-refractivity contribution in [2.45, 2.75) is 19.5 Å². The number of nitrogens with zero attached hydrogens (tertiary/aromatic N) is 3. The maximum absolute atomic E-state index is 13.3. The third-order valence-electron chi connectivity index (χ3n) is 3.33. The highest BCUT2D eigenvalue weighted by Crippen LogP contribution is 2.19. The van der Waals surface area contributed by atoms with Crippen molar-refractivity contribution in [3.63, 3.8) is 0 Å². The number of pyridine rings is 1. The average molecular weight is 349 g/mol. The molecule has 21 heavy (non-hydrogen) atoms. The van der Waals surface area contributed by atoms with Gasteiger partial charge in [-0.25, -0.2) is 4.39 Å². The van der Waals surface area contributed by atoms with Crippen molar-refractivity contribution in [1.82, 2.24) is 19.9 Å². The van der Waals surface area contributed by atoms with Crippen LogP contribution >= 0.6 is 15.9 Å². The Balaban J connectivity index is 1.77. The van der Waals surface area contributed by atoms with Crippen LogP contribution in [0.5, 0.6) is 0 Å². The lowest BCUT2D eigenvalue weighted by molar-refractivity contribution is 0.538. The summed E-state index contributed by atoms with van der Waals surface area (Å²) in [5, 5.41) is 11.7. The maximum atomic E-state index is 13.3. The first-order chi connectivity index (χ1) is 10.1. The summed E-state index contributed by atoms with van der Waals surface area (Å²) in [6.45, 7) is 2.55. The van der Waals surface area contributed by atoms with E-state index in [9.17, 15) is 4.39 Å². The van der Waals surface area contributed by atoms with Crippen molar-refractivity contribution in [1.29, 1.82) is 0 Å². The summed E-state index contributed by atoms with van der Waals surface area (Å²) in [5.74, 6) is 0.591. The predicted molar refractivity (Wildman–Crippen MR) is 82.3 cm³/mol. The molecule has 3 aromatic rings. The molecule has 0 bridgehead atoms. The van der Waals surface area contributed by atoms with Gasteiger partial charge in [0.25, 0.3) is 0 Å². The fourth-order valence-electron chi connectivity index (χ4n) is 2.19. The SMILES string of the molecule is CC(NCc1cc(F)ccc1Br)c1nnc2ccccn12. The van der Waals surface area contributed by atoms with E-state index in [4.69, 9.17) is 0 Å². The van der Waals surface area contributed by atoms with E-state index in [1.165, 1.54) is 12.1 Å². The summed E-state index contributed by atoms with van der Waals surface area (Å²) < 4.78 is 16.1. The number of hydrogen-bond acceptors (Lipinski definition) is 3. The Kier molecular flexibility index (Phi) is 3.98.